The van der Waals surface area contributed by atoms with Gasteiger partial charge in [-0.05, 0) is 50.8 Å². The van der Waals surface area contributed by atoms with Gasteiger partial charge in [0.1, 0.15) is 11.3 Å². The minimum absolute atomic E-state index is 0.100. The Morgan fingerprint density at radius 2 is 1.91 bits per heavy atom. The lowest BCUT2D eigenvalue weighted by Gasteiger charge is -2.17. The Balaban J connectivity index is 1.48. The quantitative estimate of drug-likeness (QED) is 0.220. The Morgan fingerprint density at radius 3 is 2.69 bits per heavy atom. The van der Waals surface area contributed by atoms with Crippen molar-refractivity contribution in [1.29, 1.82) is 0 Å². The molecule has 1 amide bonds. The average molecular weight is 494 g/mol. The molecule has 4 aromatic rings. The van der Waals surface area contributed by atoms with Crippen LogP contribution >= 0.6 is 11.8 Å². The lowest BCUT2D eigenvalue weighted by Crippen LogP contribution is -2.35. The van der Waals surface area contributed by atoms with Crippen molar-refractivity contribution in [2.75, 3.05) is 5.75 Å². The molecule has 2 aromatic carbocycles. The van der Waals surface area contributed by atoms with Crippen LogP contribution in [0.15, 0.2) is 47.6 Å². The van der Waals surface area contributed by atoms with E-state index in [2.05, 4.69) is 35.4 Å². The van der Waals surface area contributed by atoms with Gasteiger partial charge < -0.3 is 9.88 Å². The number of halogens is 1. The van der Waals surface area contributed by atoms with Crippen LogP contribution < -0.4 is 5.32 Å². The highest BCUT2D eigenvalue weighted by Crippen LogP contribution is 2.29. The molecule has 6 nitrogen and oxygen atoms in total. The fourth-order valence-corrected chi connectivity index (χ4v) is 4.70. The second-order valence-corrected chi connectivity index (χ2v) is 10.4. The first-order valence-electron chi connectivity index (χ1n) is 12.1. The predicted octanol–water partition coefficient (Wildman–Crippen LogP) is 5.90. The van der Waals surface area contributed by atoms with Crippen molar-refractivity contribution < 1.29 is 9.18 Å². The SMILES string of the molecule is Cc1ccc2c(c1)c1nnc(SCCCCC(=O)NC(C)C(C)C)nc1n2Cc1ccccc1F. The molecule has 2 heterocycles. The van der Waals surface area contributed by atoms with E-state index >= 15 is 0 Å². The lowest BCUT2D eigenvalue weighted by atomic mass is 10.1. The first-order chi connectivity index (χ1) is 16.8. The molecular formula is C27H32FN5OS. The summed E-state index contributed by atoms with van der Waals surface area (Å²) in [5.74, 6) is 1.08. The number of amides is 1. The molecule has 0 aliphatic heterocycles. The zero-order valence-electron chi connectivity index (χ0n) is 20.7. The smallest absolute Gasteiger partial charge is 0.220 e. The highest BCUT2D eigenvalue weighted by Gasteiger charge is 2.17. The number of fused-ring (bicyclic) bond motifs is 3. The van der Waals surface area contributed by atoms with Crippen molar-refractivity contribution in [1.82, 2.24) is 25.1 Å². The lowest BCUT2D eigenvalue weighted by molar-refractivity contribution is -0.122. The molecule has 0 saturated heterocycles. The number of hydrogen-bond acceptors (Lipinski definition) is 5. The number of unbranched alkanes of at least 4 members (excludes halogenated alkanes) is 1. The standard InChI is InChI=1S/C27H32FN5OS/c1-17(2)19(4)29-24(34)11-7-8-14-35-27-30-26-25(31-32-27)21-15-18(3)12-13-23(21)33(26)16-20-9-5-6-10-22(20)28/h5-6,9-10,12-13,15,17,19H,7-8,11,14,16H2,1-4H3,(H,29,34). The highest BCUT2D eigenvalue weighted by atomic mass is 32.2. The average Bonchev–Trinajstić information content (AvgIpc) is 3.12. The molecule has 0 aliphatic carbocycles. The van der Waals surface area contributed by atoms with Gasteiger partial charge in [0.2, 0.25) is 11.1 Å². The fraction of sp³-hybridized carbons (Fsp3) is 0.407. The number of carbonyl (C=O) groups is 1. The second kappa shape index (κ2) is 11.2. The van der Waals surface area contributed by atoms with Gasteiger partial charge in [-0.2, -0.15) is 0 Å². The third-order valence-corrected chi connectivity index (χ3v) is 7.23. The van der Waals surface area contributed by atoms with Crippen LogP contribution in [0.4, 0.5) is 4.39 Å². The fourth-order valence-electron chi connectivity index (χ4n) is 3.92. The van der Waals surface area contributed by atoms with E-state index in [1.165, 1.54) is 17.8 Å². The minimum atomic E-state index is -0.238. The number of rotatable bonds is 10. The summed E-state index contributed by atoms with van der Waals surface area (Å²) >= 11 is 1.53. The molecule has 1 atom stereocenters. The zero-order valence-corrected chi connectivity index (χ0v) is 21.5. The van der Waals surface area contributed by atoms with E-state index in [0.29, 0.717) is 35.3 Å². The van der Waals surface area contributed by atoms with Gasteiger partial charge in [0.15, 0.2) is 5.65 Å². The summed E-state index contributed by atoms with van der Waals surface area (Å²) in [7, 11) is 0. The number of nitrogens with zero attached hydrogens (tertiary/aromatic N) is 4. The van der Waals surface area contributed by atoms with Gasteiger partial charge in [-0.15, -0.1) is 10.2 Å². The van der Waals surface area contributed by atoms with E-state index in [1.54, 1.807) is 12.1 Å². The van der Waals surface area contributed by atoms with E-state index in [9.17, 15) is 9.18 Å². The minimum Gasteiger partial charge on any atom is -0.353 e. The topological polar surface area (TPSA) is 72.7 Å². The summed E-state index contributed by atoms with van der Waals surface area (Å²) in [6, 6.07) is 13.1. The first-order valence-corrected chi connectivity index (χ1v) is 13.1. The number of benzene rings is 2. The van der Waals surface area contributed by atoms with Crippen LogP contribution in [0.3, 0.4) is 0 Å². The van der Waals surface area contributed by atoms with E-state index in [0.717, 1.165) is 40.6 Å². The van der Waals surface area contributed by atoms with E-state index in [4.69, 9.17) is 4.98 Å². The van der Waals surface area contributed by atoms with Crippen molar-refractivity contribution in [3.05, 3.63) is 59.4 Å². The molecule has 0 saturated carbocycles. The van der Waals surface area contributed by atoms with Gasteiger partial charge in [0, 0.05) is 29.2 Å². The van der Waals surface area contributed by atoms with Crippen LogP contribution in [0.25, 0.3) is 22.1 Å². The van der Waals surface area contributed by atoms with Crippen LogP contribution in [0, 0.1) is 18.7 Å². The van der Waals surface area contributed by atoms with E-state index in [-0.39, 0.29) is 17.8 Å². The Hall–Kier alpha value is -3.00. The maximum atomic E-state index is 14.4. The summed E-state index contributed by atoms with van der Waals surface area (Å²) < 4.78 is 16.5. The summed E-state index contributed by atoms with van der Waals surface area (Å²) in [6.07, 6.45) is 2.21. The number of thioether (sulfide) groups is 1. The highest BCUT2D eigenvalue weighted by molar-refractivity contribution is 7.99. The summed E-state index contributed by atoms with van der Waals surface area (Å²) in [5, 5.41) is 13.5. The van der Waals surface area contributed by atoms with Gasteiger partial charge in [0.25, 0.3) is 0 Å². The van der Waals surface area contributed by atoms with Crippen molar-refractivity contribution in [3.63, 3.8) is 0 Å². The van der Waals surface area contributed by atoms with Gasteiger partial charge in [0.05, 0.1) is 12.1 Å². The van der Waals surface area contributed by atoms with E-state index < -0.39 is 0 Å². The third-order valence-electron chi connectivity index (χ3n) is 6.31. The number of aryl methyl sites for hydroxylation is 1. The Labute approximate surface area is 209 Å². The Bertz CT molecular complexity index is 1340. The van der Waals surface area contributed by atoms with Crippen LogP contribution in [-0.4, -0.2) is 37.5 Å². The summed E-state index contributed by atoms with van der Waals surface area (Å²) in [5.41, 5.74) is 4.10. The largest absolute Gasteiger partial charge is 0.353 e. The maximum absolute atomic E-state index is 14.4. The molecular weight excluding hydrogens is 461 g/mol. The van der Waals surface area contributed by atoms with Gasteiger partial charge in [-0.25, -0.2) is 9.37 Å². The molecule has 8 heteroatoms. The zero-order chi connectivity index (χ0) is 24.9. The molecule has 0 aliphatic rings. The summed E-state index contributed by atoms with van der Waals surface area (Å²) in [4.78, 5) is 16.9. The summed E-state index contributed by atoms with van der Waals surface area (Å²) in [6.45, 7) is 8.63. The van der Waals surface area contributed by atoms with Crippen molar-refractivity contribution in [2.24, 2.45) is 5.92 Å². The number of hydrogen-bond donors (Lipinski definition) is 1. The number of carbonyl (C=O) groups excluding carboxylic acids is 1. The number of aromatic nitrogens is 4. The predicted molar refractivity (Wildman–Crippen MR) is 140 cm³/mol. The van der Waals surface area contributed by atoms with Crippen molar-refractivity contribution in [3.8, 4) is 0 Å². The van der Waals surface area contributed by atoms with Crippen molar-refractivity contribution >= 4 is 39.7 Å². The van der Waals surface area contributed by atoms with Crippen LogP contribution in [-0.2, 0) is 11.3 Å². The maximum Gasteiger partial charge on any atom is 0.220 e. The molecule has 35 heavy (non-hydrogen) atoms. The molecule has 0 fully saturated rings. The normalized spacial score (nSPS) is 12.5. The monoisotopic (exact) mass is 493 g/mol. The van der Waals surface area contributed by atoms with Gasteiger partial charge in [-0.1, -0.05) is 55.4 Å². The van der Waals surface area contributed by atoms with Gasteiger partial charge >= 0.3 is 0 Å². The first kappa shape index (κ1) is 25.1. The second-order valence-electron chi connectivity index (χ2n) is 9.37. The Morgan fingerprint density at radius 1 is 1.11 bits per heavy atom. The Kier molecular flexibility index (Phi) is 8.00. The van der Waals surface area contributed by atoms with Crippen LogP contribution in [0.2, 0.25) is 0 Å². The molecule has 1 unspecified atom stereocenters. The number of nitrogens with one attached hydrogen (secondary N) is 1. The third kappa shape index (κ3) is 5.99. The van der Waals surface area contributed by atoms with Crippen molar-refractivity contribution in [2.45, 2.75) is 64.7 Å². The van der Waals surface area contributed by atoms with Gasteiger partial charge in [-0.3, -0.25) is 4.79 Å². The molecule has 2 aromatic heterocycles. The molecule has 0 bridgehead atoms. The van der Waals surface area contributed by atoms with Crippen LogP contribution in [0.1, 0.15) is 51.2 Å². The molecule has 0 radical (unpaired) electrons. The molecule has 1 N–H and O–H groups in total. The molecule has 4 rings (SSSR count). The molecule has 184 valence electrons. The van der Waals surface area contributed by atoms with Crippen LogP contribution in [0.5, 0.6) is 0 Å². The van der Waals surface area contributed by atoms with E-state index in [1.807, 2.05) is 36.6 Å². The molecule has 0 spiro atoms.